The van der Waals surface area contributed by atoms with Crippen molar-refractivity contribution in [1.82, 2.24) is 4.57 Å². The second-order valence-electron chi connectivity index (χ2n) is 21.5. The van der Waals surface area contributed by atoms with E-state index in [0.29, 0.717) is 0 Å². The van der Waals surface area contributed by atoms with E-state index in [1.807, 2.05) is 23.5 Å². The van der Waals surface area contributed by atoms with Crippen LogP contribution in [0.5, 0.6) is 0 Å². The van der Waals surface area contributed by atoms with Crippen molar-refractivity contribution >= 4 is 61.5 Å². The second kappa shape index (κ2) is 17.0. The topological polar surface area (TPSA) is 12.7 Å². The van der Waals surface area contributed by atoms with Crippen molar-refractivity contribution in [3.8, 4) is 50.6 Å². The molecule has 70 heavy (non-hydrogen) atoms. The van der Waals surface area contributed by atoms with Gasteiger partial charge in [-0.2, -0.15) is 13.7 Å². The molecule has 10 aromatic rings. The van der Waals surface area contributed by atoms with Crippen molar-refractivity contribution in [3.63, 3.8) is 0 Å². The number of imidazole rings is 1. The lowest BCUT2D eigenvalue weighted by molar-refractivity contribution is -0.719. The molecule has 3 nitrogen and oxygen atoms in total. The summed E-state index contributed by atoms with van der Waals surface area (Å²) in [5.74, 6) is 1.70. The van der Waals surface area contributed by atoms with Gasteiger partial charge in [-0.1, -0.05) is 157 Å². The number of hydrogen-bond acceptors (Lipinski definition) is 1. The molecule has 2 unspecified atom stereocenters. The summed E-state index contributed by atoms with van der Waals surface area (Å²) in [6, 6.07) is 57.6. The van der Waals surface area contributed by atoms with E-state index >= 15 is 0 Å². The standard InChI is InChI=1S/C64H60FN3SSi/c1-39(2)54-35-46(42-16-10-9-11-17-42)36-55(40(3)4)62(54)68-58-21-15-14-20-57(58)67-41(5)34-59-51(49-18-12-13-19-50(49)56-33-29-48(38-66(56)59)70(6,7)8)30-24-44-25-32-53-52-31-26-45(43-22-27-47(65)28-23-43)37-60(52)69-63(53)61(44)64(67)68/h9-23,25-29,31-33,35-40,51,59H,5,24,30,34H2,1-4,6-8H3/q+2. The molecule has 2 atom stereocenters. The largest absolute Gasteiger partial charge is 0.301 e. The van der Waals surface area contributed by atoms with Gasteiger partial charge in [0.25, 0.3) is 0 Å². The van der Waals surface area contributed by atoms with Gasteiger partial charge in [-0.05, 0) is 107 Å². The Hall–Kier alpha value is -6.73. The monoisotopic (exact) mass is 949 g/mol. The molecule has 12 rings (SSSR count). The lowest BCUT2D eigenvalue weighted by Gasteiger charge is -2.32. The number of thiophene rings is 1. The Morgan fingerprint density at radius 1 is 0.686 bits per heavy atom. The van der Waals surface area contributed by atoms with Crippen LogP contribution in [0.1, 0.15) is 86.6 Å². The molecule has 0 saturated carbocycles. The van der Waals surface area contributed by atoms with E-state index in [2.05, 4.69) is 201 Å². The number of rotatable bonds is 6. The molecule has 0 fully saturated rings. The van der Waals surface area contributed by atoms with Crippen LogP contribution in [0.4, 0.5) is 4.39 Å². The maximum absolute atomic E-state index is 14.2. The molecule has 0 N–H and O–H groups in total. The highest BCUT2D eigenvalue weighted by atomic mass is 32.1. The number of aromatic nitrogens is 3. The van der Waals surface area contributed by atoms with Gasteiger partial charge in [0.05, 0.1) is 24.8 Å². The summed E-state index contributed by atoms with van der Waals surface area (Å²) < 4.78 is 24.6. The van der Waals surface area contributed by atoms with Gasteiger partial charge >= 0.3 is 5.82 Å². The number of hydrogen-bond donors (Lipinski definition) is 0. The van der Waals surface area contributed by atoms with E-state index in [4.69, 9.17) is 6.58 Å². The van der Waals surface area contributed by atoms with Gasteiger partial charge in [-0.25, -0.2) is 4.39 Å². The Bertz CT molecular complexity index is 3690. The third kappa shape index (κ3) is 7.24. The van der Waals surface area contributed by atoms with E-state index in [1.165, 1.54) is 92.6 Å². The zero-order chi connectivity index (χ0) is 48.2. The van der Waals surface area contributed by atoms with Crippen LogP contribution in [0.3, 0.4) is 0 Å². The lowest BCUT2D eigenvalue weighted by Crippen LogP contribution is -2.53. The fraction of sp³-hybridized carbons (Fsp3) is 0.219. The van der Waals surface area contributed by atoms with Crippen LogP contribution < -0.4 is 14.3 Å². The summed E-state index contributed by atoms with van der Waals surface area (Å²) in [5, 5.41) is 3.97. The lowest BCUT2D eigenvalue weighted by atomic mass is 9.77. The molecule has 0 bridgehead atoms. The summed E-state index contributed by atoms with van der Waals surface area (Å²) in [6.45, 7) is 22.0. The zero-order valence-electron chi connectivity index (χ0n) is 41.4. The third-order valence-corrected chi connectivity index (χ3v) is 18.7. The normalized spacial score (nSPS) is 15.8. The summed E-state index contributed by atoms with van der Waals surface area (Å²) >= 11 is 1.89. The van der Waals surface area contributed by atoms with Gasteiger partial charge in [-0.15, -0.1) is 11.3 Å². The predicted octanol–water partition coefficient (Wildman–Crippen LogP) is 16.3. The van der Waals surface area contributed by atoms with Gasteiger partial charge in [-0.3, -0.25) is 0 Å². The van der Waals surface area contributed by atoms with Gasteiger partial charge in [0.15, 0.2) is 23.3 Å². The van der Waals surface area contributed by atoms with Crippen molar-refractivity contribution in [3.05, 3.63) is 199 Å². The second-order valence-corrected chi connectivity index (χ2v) is 27.6. The molecule has 2 aliphatic heterocycles. The number of allylic oxidation sites excluding steroid dienone is 1. The first kappa shape index (κ1) is 44.5. The fourth-order valence-corrected chi connectivity index (χ4v) is 14.3. The third-order valence-electron chi connectivity index (χ3n) is 15.4. The quantitative estimate of drug-likeness (QED) is 0.116. The average molecular weight is 950 g/mol. The van der Waals surface area contributed by atoms with Crippen LogP contribution in [-0.2, 0) is 6.42 Å². The van der Waals surface area contributed by atoms with Crippen LogP contribution in [0.2, 0.25) is 19.6 Å². The van der Waals surface area contributed by atoms with Crippen molar-refractivity contribution in [1.29, 1.82) is 0 Å². The molecular weight excluding hydrogens is 890 g/mol. The zero-order valence-corrected chi connectivity index (χ0v) is 43.2. The Kier molecular flexibility index (Phi) is 10.8. The SMILES string of the molecule is C=C1CC2C(CCc3ccc4c(sc5cc(-c6ccc(F)cc6)ccc54)c3-c3n(-c4c(C(C)C)cc(-c5ccccc5)cc4C(C)C)c4ccccc4[n+]31)c1ccccc1-c1ccc([Si](C)(C)C)c[n+]12. The van der Waals surface area contributed by atoms with Gasteiger partial charge in [0.1, 0.15) is 17.2 Å². The van der Waals surface area contributed by atoms with Crippen molar-refractivity contribution in [2.45, 2.75) is 90.4 Å². The molecule has 7 aromatic carbocycles. The molecule has 0 amide bonds. The van der Waals surface area contributed by atoms with E-state index in [1.54, 1.807) is 12.1 Å². The summed E-state index contributed by atoms with van der Waals surface area (Å²) in [5.41, 5.74) is 18.7. The molecule has 0 spiro atoms. The van der Waals surface area contributed by atoms with Gasteiger partial charge in [0.2, 0.25) is 5.69 Å². The molecule has 0 radical (unpaired) electrons. The predicted molar refractivity (Wildman–Crippen MR) is 296 cm³/mol. The Morgan fingerprint density at radius 2 is 1.36 bits per heavy atom. The smallest absolute Gasteiger partial charge is 0.207 e. The number of fused-ring (bicyclic) bond motifs is 15. The highest BCUT2D eigenvalue weighted by molar-refractivity contribution is 7.26. The van der Waals surface area contributed by atoms with Crippen molar-refractivity contribution in [2.75, 3.05) is 0 Å². The molecule has 0 aliphatic carbocycles. The fourth-order valence-electron chi connectivity index (χ4n) is 11.9. The summed E-state index contributed by atoms with van der Waals surface area (Å²) in [4.78, 5) is 0. The van der Waals surface area contributed by atoms with Crippen LogP contribution in [-0.4, -0.2) is 12.6 Å². The maximum atomic E-state index is 14.2. The van der Waals surface area contributed by atoms with E-state index in [9.17, 15) is 4.39 Å². The Morgan fingerprint density at radius 3 is 2.10 bits per heavy atom. The number of halogens is 1. The molecule has 3 aromatic heterocycles. The molecule has 6 heteroatoms. The molecule has 346 valence electrons. The minimum Gasteiger partial charge on any atom is -0.207 e. The van der Waals surface area contributed by atoms with Gasteiger partial charge in [0, 0.05) is 49.3 Å². The number of aryl methyl sites for hydroxylation is 1. The van der Waals surface area contributed by atoms with E-state index in [-0.39, 0.29) is 29.6 Å². The van der Waals surface area contributed by atoms with Crippen LogP contribution in [0.25, 0.3) is 87.5 Å². The average Bonchev–Trinajstić information content (AvgIpc) is 3.91. The first-order valence-electron chi connectivity index (χ1n) is 25.2. The Balaban J connectivity index is 1.19. The molecule has 2 aliphatic rings. The number of para-hydroxylation sites is 2. The number of pyridine rings is 1. The van der Waals surface area contributed by atoms with Crippen molar-refractivity contribution in [2.24, 2.45) is 0 Å². The first-order chi connectivity index (χ1) is 33.8. The van der Waals surface area contributed by atoms with Crippen LogP contribution in [0, 0.1) is 5.82 Å². The molecule has 0 saturated heterocycles. The molecular formula is C64H60FN3SSi+2. The minimum absolute atomic E-state index is 0.165. The highest BCUT2D eigenvalue weighted by Crippen LogP contribution is 2.49. The van der Waals surface area contributed by atoms with E-state index in [0.717, 1.165) is 41.6 Å². The first-order valence-corrected chi connectivity index (χ1v) is 29.5. The summed E-state index contributed by atoms with van der Waals surface area (Å²) in [6.07, 6.45) is 5.22. The number of nitrogens with zero attached hydrogens (tertiary/aromatic N) is 3. The Labute approximate surface area is 416 Å². The minimum atomic E-state index is -1.66. The molecule has 5 heterocycles. The number of benzene rings is 7. The maximum Gasteiger partial charge on any atom is 0.301 e. The van der Waals surface area contributed by atoms with Crippen molar-refractivity contribution < 1.29 is 13.5 Å². The van der Waals surface area contributed by atoms with Gasteiger partial charge < -0.3 is 0 Å². The summed E-state index contributed by atoms with van der Waals surface area (Å²) in [7, 11) is -1.66. The van der Waals surface area contributed by atoms with Crippen LogP contribution >= 0.6 is 11.3 Å². The van der Waals surface area contributed by atoms with Crippen LogP contribution in [0.15, 0.2) is 171 Å². The van der Waals surface area contributed by atoms with E-state index < -0.39 is 8.07 Å². The highest BCUT2D eigenvalue weighted by Gasteiger charge is 2.45.